The predicted octanol–water partition coefficient (Wildman–Crippen LogP) is 18.9. The van der Waals surface area contributed by atoms with Crippen molar-refractivity contribution >= 4 is 103 Å². The van der Waals surface area contributed by atoms with Crippen molar-refractivity contribution < 1.29 is 129 Å². The number of benzene rings is 4. The molecule has 6 heterocycles. The van der Waals surface area contributed by atoms with E-state index < -0.39 is 44.2 Å². The van der Waals surface area contributed by atoms with Crippen LogP contribution in [0.4, 0.5) is 20.4 Å². The van der Waals surface area contributed by atoms with E-state index in [2.05, 4.69) is 207 Å². The average Bonchev–Trinajstić information content (AvgIpc) is 1.04. The molecule has 109 heavy (non-hydrogen) atoms. The minimum absolute atomic E-state index is 0. The van der Waals surface area contributed by atoms with Gasteiger partial charge in [0.1, 0.15) is 24.2 Å². The van der Waals surface area contributed by atoms with E-state index in [0.29, 0.717) is 86.4 Å². The first-order valence-corrected chi connectivity index (χ1v) is 50.1. The molecule has 6 aromatic heterocycles. The molecule has 0 saturated heterocycles. The summed E-state index contributed by atoms with van der Waals surface area (Å²) < 4.78 is 99.2. The van der Waals surface area contributed by atoms with Crippen LogP contribution in [0.1, 0.15) is 195 Å². The number of unbranched alkanes of at least 4 members (excludes halogenated alkanes) is 3. The second-order valence-corrected chi connectivity index (χ2v) is 59.2. The zero-order valence-corrected chi connectivity index (χ0v) is 83.4. The third kappa shape index (κ3) is 28.7. The Bertz CT molecular complexity index is 4580. The minimum Gasteiger partial charge on any atom is -1.00 e. The first-order chi connectivity index (χ1) is 49.3. The van der Waals surface area contributed by atoms with Gasteiger partial charge in [0.25, 0.3) is 20.0 Å². The topological polar surface area (TPSA) is 196 Å². The maximum atomic E-state index is 14.7. The van der Waals surface area contributed by atoms with Gasteiger partial charge < -0.3 is 13.8 Å². The van der Waals surface area contributed by atoms with Crippen LogP contribution in [0, 0.1) is 25.5 Å². The Hall–Kier alpha value is -3.63. The van der Waals surface area contributed by atoms with E-state index >= 15 is 0 Å². The number of fused-ring (bicyclic) bond motifs is 2. The molecule has 0 aliphatic heterocycles. The number of hydrogen-bond acceptors (Lipinski definition) is 12. The molecule has 25 heteroatoms. The molecule has 0 fully saturated rings. The Morgan fingerprint density at radius 2 is 0.835 bits per heavy atom. The third-order valence-corrected chi connectivity index (χ3v) is 44.0. The fraction of sp³-hybridized carbons (Fsp3) is 0.452. The number of pyridine rings is 4. The summed E-state index contributed by atoms with van der Waals surface area (Å²) in [5.74, 6) is -0.695. The maximum Gasteiger partial charge on any atom is 1.00 e. The summed E-state index contributed by atoms with van der Waals surface area (Å²) in [6.07, 6.45) is 17.6. The van der Waals surface area contributed by atoms with Gasteiger partial charge in [0.15, 0.2) is 11.6 Å². The van der Waals surface area contributed by atoms with Gasteiger partial charge in [0.2, 0.25) is 0 Å². The molecule has 0 atom stereocenters. The molecule has 592 valence electrons. The van der Waals surface area contributed by atoms with E-state index in [9.17, 15) is 25.6 Å². The van der Waals surface area contributed by atoms with E-state index in [1.807, 2.05) is 13.1 Å². The Morgan fingerprint density at radius 3 is 1.17 bits per heavy atom. The van der Waals surface area contributed by atoms with E-state index in [-0.39, 0.29) is 142 Å². The van der Waals surface area contributed by atoms with Crippen molar-refractivity contribution in [2.24, 2.45) is 0 Å². The van der Waals surface area contributed by atoms with Gasteiger partial charge in [-0.1, -0.05) is 181 Å². The third-order valence-electron chi connectivity index (χ3n) is 17.7. The van der Waals surface area contributed by atoms with Gasteiger partial charge in [-0.25, -0.2) is 25.6 Å². The van der Waals surface area contributed by atoms with Gasteiger partial charge in [0.05, 0.1) is 31.9 Å². The van der Waals surface area contributed by atoms with Gasteiger partial charge in [-0.3, -0.25) is 24.4 Å². The van der Waals surface area contributed by atoms with Crippen molar-refractivity contribution in [3.8, 4) is 33.8 Å². The molecule has 0 unspecified atom stereocenters. The van der Waals surface area contributed by atoms with Crippen LogP contribution in [0.25, 0.3) is 55.3 Å². The molecule has 0 saturated carbocycles. The standard InChI is InChI=1S/C24H17FN4O3S.C19H13ClFN3O3S.2C12H27P.C5H4N.3C4H9.Cs.FH.Pd.Sn/c1-15-12-21(25)20(22-4-2-3-9-26-22)14-19(15)24-18-6-5-17(13-16(18)7-10-27-24)33(30,31)29-23-8-11-32-28-23;1-11-8-17(21)16(20)10-15(11)19-14-3-2-13(9-12(14)4-6-22-19)28(25,26)24-18-5-7-27-23-18;2*1-10(2,3)13(11(4,5)6)12(7,8)9;1-2-4-6-5-3-1;3*1-3-4-2;;;;/h2-14H,1H3,(H,28,29);2-10H,1H3,(H,23,24);2*1-9H3;1-4H;3*1,3-4H2,2H3;;1H;;/q;;;;;;;;+1;;;/p-1. The molecule has 0 aliphatic carbocycles. The fourth-order valence-corrected chi connectivity index (χ4v) is 45.3. The van der Waals surface area contributed by atoms with Crippen LogP contribution < -0.4 is 86.8 Å². The summed E-state index contributed by atoms with van der Waals surface area (Å²) >= 11 is 3.73. The summed E-state index contributed by atoms with van der Waals surface area (Å²) in [4.78, 5) is 18.1. The van der Waals surface area contributed by atoms with Crippen LogP contribution in [0.3, 0.4) is 0 Å². The Kier molecular flexibility index (Phi) is 39.1. The van der Waals surface area contributed by atoms with Crippen LogP contribution in [-0.2, 0) is 40.5 Å². The minimum atomic E-state index is -3.86. The molecule has 0 amide bonds. The Labute approximate surface area is 734 Å². The molecule has 14 nitrogen and oxygen atoms in total. The number of aromatic nitrogens is 6. The number of anilines is 2. The van der Waals surface area contributed by atoms with Crippen molar-refractivity contribution in [1.29, 1.82) is 0 Å². The van der Waals surface area contributed by atoms with Crippen molar-refractivity contribution in [3.05, 3.63) is 186 Å². The fourth-order valence-electron chi connectivity index (χ4n) is 15.6. The first-order valence-electron chi connectivity index (χ1n) is 36.6. The molecule has 0 radical (unpaired) electrons. The van der Waals surface area contributed by atoms with Crippen molar-refractivity contribution in [3.63, 3.8) is 0 Å². The largest absolute Gasteiger partial charge is 1.00 e. The van der Waals surface area contributed by atoms with E-state index in [4.69, 9.17) is 16.6 Å². The molecular formula is C84H115ClCsF3N8O6P2PdS2Sn. The van der Waals surface area contributed by atoms with E-state index in [1.54, 1.807) is 83.8 Å². The zero-order chi connectivity index (χ0) is 79.0. The molecule has 0 bridgehead atoms. The quantitative estimate of drug-likeness (QED) is 0.0575. The van der Waals surface area contributed by atoms with Gasteiger partial charge in [-0.15, -0.1) is 0 Å². The molecule has 10 rings (SSSR count). The summed E-state index contributed by atoms with van der Waals surface area (Å²) in [7, 11) is -7.66. The van der Waals surface area contributed by atoms with Crippen molar-refractivity contribution in [2.75, 3.05) is 9.44 Å². The number of nitrogens with one attached hydrogen (secondary N) is 2. The number of sulfonamides is 2. The van der Waals surface area contributed by atoms with Crippen molar-refractivity contribution in [1.82, 2.24) is 30.2 Å². The number of hydrogen-bond donors (Lipinski definition) is 2. The molecule has 2 N–H and O–H groups in total. The maximum absolute atomic E-state index is 14.7. The zero-order valence-electron chi connectivity index (χ0n) is 68.5. The smallest absolute Gasteiger partial charge is 1.00 e. The summed E-state index contributed by atoms with van der Waals surface area (Å²) in [5, 5.41) is 12.6. The van der Waals surface area contributed by atoms with Gasteiger partial charge in [0, 0.05) is 78.6 Å². The van der Waals surface area contributed by atoms with Crippen LogP contribution >= 0.6 is 27.4 Å². The van der Waals surface area contributed by atoms with Crippen molar-refractivity contribution in [2.45, 2.75) is 252 Å². The molecular weight excluding hydrogens is 1790 g/mol. The molecule has 0 aliphatic rings. The average molecular weight is 1910 g/mol. The van der Waals surface area contributed by atoms with E-state index in [0.717, 1.165) is 10.9 Å². The number of aryl methyl sites for hydroxylation is 2. The van der Waals surface area contributed by atoms with Crippen LogP contribution in [0.15, 0.2) is 177 Å². The van der Waals surface area contributed by atoms with Gasteiger partial charge >= 0.3 is 193 Å². The molecule has 4 aromatic carbocycles. The predicted molar refractivity (Wildman–Crippen MR) is 448 cm³/mol. The number of halogens is 4. The SMILES string of the molecule is CC(C)(C)P(C(C)(C)C)C(C)(C)C.CC(C)(C)P(C(C)(C)C)C(C)(C)C.CCC[CH2][Sn]([CH2]CCC)([CH2]CCC)[c]1ccccn1.Cc1cc(F)c(-c2ccccn2)cc1-c1nccc2cc(S(=O)(=O)Nc3ccon3)ccc12.Cc1cc(F)c(Cl)cc1-c1nccc2cc(S(=O)(=O)Nc3ccon3)ccc12.[Cs+].[F-].[Pd]. The van der Waals surface area contributed by atoms with Gasteiger partial charge in [-0.05, 0) is 139 Å². The Balaban J connectivity index is 0.000000369. The normalized spacial score (nSPS) is 12.2. The Morgan fingerprint density at radius 1 is 0.459 bits per heavy atom. The molecule has 0 spiro atoms. The monoisotopic (exact) mass is 1910 g/mol. The first kappa shape index (κ1) is 99.6. The second kappa shape index (κ2) is 42.8. The van der Waals surface area contributed by atoms with Gasteiger partial charge in [-0.2, -0.15) is 0 Å². The summed E-state index contributed by atoms with van der Waals surface area (Å²) in [5.41, 5.74) is 4.88. The summed E-state index contributed by atoms with van der Waals surface area (Å²) in [6, 6.07) is 33.6. The van der Waals surface area contributed by atoms with Crippen LogP contribution in [0.5, 0.6) is 0 Å². The summed E-state index contributed by atoms with van der Waals surface area (Å²) in [6.45, 7) is 53.5. The van der Waals surface area contributed by atoms with Crippen LogP contribution in [0.2, 0.25) is 18.3 Å². The number of nitrogens with zero attached hydrogens (tertiary/aromatic N) is 6. The van der Waals surface area contributed by atoms with Crippen LogP contribution in [-0.4, -0.2) is 96.4 Å². The second-order valence-electron chi connectivity index (χ2n) is 33.0. The number of rotatable bonds is 19. The molecule has 10 aromatic rings. The van der Waals surface area contributed by atoms with E-state index in [1.165, 1.54) is 113 Å².